The molecule has 0 saturated carbocycles. The Morgan fingerprint density at radius 3 is 2.59 bits per heavy atom. The molecule has 0 aliphatic carbocycles. The number of hydrogen-bond donors (Lipinski definition) is 2. The van der Waals surface area contributed by atoms with Crippen LogP contribution in [0.15, 0.2) is 18.2 Å². The third-order valence-corrected chi connectivity index (χ3v) is 5.69. The smallest absolute Gasteiger partial charge is 0.338 e. The molecule has 0 saturated heterocycles. The van der Waals surface area contributed by atoms with Gasteiger partial charge < -0.3 is 10.1 Å². The Morgan fingerprint density at radius 1 is 1.28 bits per heavy atom. The van der Waals surface area contributed by atoms with Gasteiger partial charge in [0.05, 0.1) is 17.5 Å². The van der Waals surface area contributed by atoms with Crippen LogP contribution in [0.3, 0.4) is 0 Å². The normalized spacial score (nSPS) is 15.8. The molecule has 1 atom stereocenters. The van der Waals surface area contributed by atoms with E-state index in [9.17, 15) is 22.8 Å². The number of carbonyl (C=O) groups is 3. The zero-order chi connectivity index (χ0) is 21.8. The van der Waals surface area contributed by atoms with Crippen LogP contribution < -0.4 is 14.9 Å². The number of sulfonamides is 1. The summed E-state index contributed by atoms with van der Waals surface area (Å²) in [5, 5.41) is 4.64. The largest absolute Gasteiger partial charge is 0.452 e. The quantitative estimate of drug-likeness (QED) is 0.637. The van der Waals surface area contributed by atoms with Crippen molar-refractivity contribution in [2.24, 2.45) is 5.92 Å². The first kappa shape index (κ1) is 22.7. The van der Waals surface area contributed by atoms with E-state index in [1.54, 1.807) is 19.1 Å². The van der Waals surface area contributed by atoms with E-state index < -0.39 is 34.5 Å². The maximum Gasteiger partial charge on any atom is 0.338 e. The van der Waals surface area contributed by atoms with Crippen molar-refractivity contribution in [3.05, 3.63) is 29.3 Å². The van der Waals surface area contributed by atoms with E-state index in [1.165, 1.54) is 10.4 Å². The number of hydrogen-bond acceptors (Lipinski definition) is 6. The van der Waals surface area contributed by atoms with Gasteiger partial charge in [0.2, 0.25) is 10.0 Å². The number of fused-ring (bicyclic) bond motifs is 1. The molecule has 1 aliphatic rings. The van der Waals surface area contributed by atoms with Gasteiger partial charge in [-0.3, -0.25) is 14.4 Å². The maximum atomic E-state index is 12.2. The summed E-state index contributed by atoms with van der Waals surface area (Å²) in [5.74, 6) is -1.04. The van der Waals surface area contributed by atoms with Crippen LogP contribution in [0.5, 0.6) is 0 Å². The number of amides is 3. The van der Waals surface area contributed by atoms with Gasteiger partial charge in [-0.15, -0.1) is 0 Å². The second kappa shape index (κ2) is 9.25. The second-order valence-electron chi connectivity index (χ2n) is 7.52. The molecule has 1 aromatic carbocycles. The lowest BCUT2D eigenvalue weighted by Gasteiger charge is -2.21. The van der Waals surface area contributed by atoms with Gasteiger partial charge in [-0.1, -0.05) is 13.8 Å². The molecule has 10 heteroatoms. The Hall–Kier alpha value is -2.62. The summed E-state index contributed by atoms with van der Waals surface area (Å²) in [6.45, 7) is 5.66. The van der Waals surface area contributed by atoms with Crippen molar-refractivity contribution in [1.29, 1.82) is 0 Å². The Balaban J connectivity index is 1.90. The molecule has 2 rings (SSSR count). The monoisotopic (exact) mass is 425 g/mol. The molecular weight excluding hydrogens is 398 g/mol. The highest BCUT2D eigenvalue weighted by molar-refractivity contribution is 7.92. The Labute approximate surface area is 170 Å². The third kappa shape index (κ3) is 6.18. The number of urea groups is 1. The number of carbonyl (C=O) groups excluding carboxylic acids is 3. The zero-order valence-electron chi connectivity index (χ0n) is 17.0. The van der Waals surface area contributed by atoms with Crippen LogP contribution in [0.2, 0.25) is 0 Å². The average Bonchev–Trinajstić information content (AvgIpc) is 2.94. The molecule has 3 amide bonds. The van der Waals surface area contributed by atoms with Gasteiger partial charge in [0, 0.05) is 12.6 Å². The van der Waals surface area contributed by atoms with Crippen LogP contribution in [0, 0.1) is 5.92 Å². The number of benzene rings is 1. The molecule has 0 unspecified atom stereocenters. The molecule has 0 radical (unpaired) electrons. The summed E-state index contributed by atoms with van der Waals surface area (Å²) in [4.78, 5) is 35.5. The lowest BCUT2D eigenvalue weighted by molar-refractivity contribution is -0.123. The predicted octanol–water partition coefficient (Wildman–Crippen LogP) is 1.43. The van der Waals surface area contributed by atoms with Crippen molar-refractivity contribution in [3.63, 3.8) is 0 Å². The topological polar surface area (TPSA) is 122 Å². The summed E-state index contributed by atoms with van der Waals surface area (Å²) in [6.07, 6.45) is 2.39. The highest BCUT2D eigenvalue weighted by Gasteiger charge is 2.33. The maximum absolute atomic E-state index is 12.2. The fourth-order valence-electron chi connectivity index (χ4n) is 3.13. The van der Waals surface area contributed by atoms with Gasteiger partial charge in [-0.25, -0.2) is 18.0 Å². The summed E-state index contributed by atoms with van der Waals surface area (Å²) >= 11 is 0. The van der Waals surface area contributed by atoms with E-state index in [0.29, 0.717) is 30.1 Å². The first-order valence-electron chi connectivity index (χ1n) is 9.36. The van der Waals surface area contributed by atoms with Crippen molar-refractivity contribution < 1.29 is 27.5 Å². The zero-order valence-corrected chi connectivity index (χ0v) is 17.8. The number of esters is 1. The summed E-state index contributed by atoms with van der Waals surface area (Å²) < 4.78 is 30.2. The van der Waals surface area contributed by atoms with E-state index >= 15 is 0 Å². The second-order valence-corrected chi connectivity index (χ2v) is 9.38. The lowest BCUT2D eigenvalue weighted by Crippen LogP contribution is -2.41. The number of anilines is 1. The van der Waals surface area contributed by atoms with E-state index in [1.807, 2.05) is 13.8 Å². The van der Waals surface area contributed by atoms with Crippen molar-refractivity contribution in [2.75, 3.05) is 23.7 Å². The van der Waals surface area contributed by atoms with Crippen LogP contribution in [-0.2, 0) is 26.0 Å². The van der Waals surface area contributed by atoms with Crippen LogP contribution in [0.25, 0.3) is 0 Å². The fourth-order valence-corrected chi connectivity index (χ4v) is 4.39. The molecule has 29 heavy (non-hydrogen) atoms. The highest BCUT2D eigenvalue weighted by Crippen LogP contribution is 2.34. The summed E-state index contributed by atoms with van der Waals surface area (Å²) in [7, 11) is -3.42. The molecule has 0 fully saturated rings. The first-order chi connectivity index (χ1) is 13.5. The fraction of sp³-hybridized carbons (Fsp3) is 0.526. The molecule has 1 heterocycles. The van der Waals surface area contributed by atoms with Crippen LogP contribution >= 0.6 is 0 Å². The number of ether oxygens (including phenoxy) is 1. The third-order valence-electron chi connectivity index (χ3n) is 4.42. The number of rotatable bonds is 7. The molecule has 0 bridgehead atoms. The van der Waals surface area contributed by atoms with Gasteiger partial charge in [-0.05, 0) is 49.4 Å². The molecule has 9 nitrogen and oxygen atoms in total. The first-order valence-corrected chi connectivity index (χ1v) is 11.2. The van der Waals surface area contributed by atoms with E-state index in [4.69, 9.17) is 4.74 Å². The number of nitrogens with one attached hydrogen (secondary N) is 2. The molecule has 160 valence electrons. The number of imide groups is 1. The molecule has 1 aromatic rings. The minimum absolute atomic E-state index is 0.209. The molecular formula is C19H27N3O6S. The molecule has 2 N–H and O–H groups in total. The van der Waals surface area contributed by atoms with Gasteiger partial charge in [0.15, 0.2) is 6.61 Å². The Bertz CT molecular complexity index is 897. The van der Waals surface area contributed by atoms with Gasteiger partial charge in [-0.2, -0.15) is 0 Å². The average molecular weight is 426 g/mol. The summed E-state index contributed by atoms with van der Waals surface area (Å²) in [5.41, 5.74) is 1.46. The van der Waals surface area contributed by atoms with Crippen LogP contribution in [0.1, 0.15) is 43.1 Å². The Morgan fingerprint density at radius 2 is 1.97 bits per heavy atom. The van der Waals surface area contributed by atoms with E-state index in [2.05, 4.69) is 10.6 Å². The molecule has 1 aliphatic heterocycles. The summed E-state index contributed by atoms with van der Waals surface area (Å²) in [6, 6.07) is 3.69. The number of nitrogens with zero attached hydrogens (tertiary/aromatic N) is 1. The minimum Gasteiger partial charge on any atom is -0.452 e. The van der Waals surface area contributed by atoms with Crippen molar-refractivity contribution in [2.45, 2.75) is 39.7 Å². The Kier molecular flexibility index (Phi) is 7.23. The predicted molar refractivity (Wildman–Crippen MR) is 108 cm³/mol. The van der Waals surface area contributed by atoms with Crippen LogP contribution in [0.4, 0.5) is 10.5 Å². The molecule has 0 spiro atoms. The standard InChI is InChI=1S/C19H27N3O6S/c1-12(2)7-8-20-19(25)21-17(23)11-28-18(24)14-5-6-16-15(10-14)9-13(3)22(16)29(4,26)27/h5-6,10,12-13H,7-9,11H2,1-4H3,(H2,20,21,23,25)/t13-/m0/s1. The minimum atomic E-state index is -3.42. The van der Waals surface area contributed by atoms with E-state index in [-0.39, 0.29) is 11.6 Å². The highest BCUT2D eigenvalue weighted by atomic mass is 32.2. The SMILES string of the molecule is CC(C)CCNC(=O)NC(=O)COC(=O)c1ccc2c(c1)C[C@H](C)N2S(C)(=O)=O. The van der Waals surface area contributed by atoms with E-state index in [0.717, 1.165) is 12.7 Å². The van der Waals surface area contributed by atoms with Gasteiger partial charge in [0.1, 0.15) is 0 Å². The lowest BCUT2D eigenvalue weighted by atomic mass is 10.1. The van der Waals surface area contributed by atoms with Gasteiger partial charge in [0.25, 0.3) is 5.91 Å². The van der Waals surface area contributed by atoms with Crippen LogP contribution in [-0.4, -0.2) is 51.8 Å². The molecule has 0 aromatic heterocycles. The van der Waals surface area contributed by atoms with Crippen molar-refractivity contribution in [1.82, 2.24) is 10.6 Å². The van der Waals surface area contributed by atoms with Crippen molar-refractivity contribution in [3.8, 4) is 0 Å². The van der Waals surface area contributed by atoms with Crippen molar-refractivity contribution >= 4 is 33.6 Å². The van der Waals surface area contributed by atoms with Gasteiger partial charge >= 0.3 is 12.0 Å².